The Morgan fingerprint density at radius 2 is 2.19 bits per heavy atom. The van der Waals surface area contributed by atoms with Crippen LogP contribution in [0.15, 0.2) is 16.3 Å². The quantitative estimate of drug-likeness (QED) is 0.862. The lowest BCUT2D eigenvalue weighted by Gasteiger charge is -2.10. The van der Waals surface area contributed by atoms with Gasteiger partial charge >= 0.3 is 6.09 Å². The van der Waals surface area contributed by atoms with Crippen molar-refractivity contribution in [3.8, 4) is 0 Å². The van der Waals surface area contributed by atoms with Gasteiger partial charge in [-0.1, -0.05) is 0 Å². The van der Waals surface area contributed by atoms with Gasteiger partial charge < -0.3 is 10.1 Å². The molecule has 0 aliphatic rings. The van der Waals surface area contributed by atoms with E-state index in [4.69, 9.17) is 10.7 Å². The summed E-state index contributed by atoms with van der Waals surface area (Å²) < 4.78 is 26.5. The third kappa shape index (κ3) is 3.36. The molecule has 0 saturated heterocycles. The first-order chi connectivity index (χ1) is 7.34. The number of halogens is 1. The van der Waals surface area contributed by atoms with Gasteiger partial charge in [-0.3, -0.25) is 0 Å². The van der Waals surface area contributed by atoms with Crippen molar-refractivity contribution in [3.63, 3.8) is 0 Å². The van der Waals surface area contributed by atoms with Gasteiger partial charge in [-0.05, 0) is 19.1 Å². The van der Waals surface area contributed by atoms with Crippen LogP contribution in [-0.2, 0) is 13.8 Å². The minimum Gasteiger partial charge on any atom is -0.453 e. The van der Waals surface area contributed by atoms with Gasteiger partial charge in [-0.15, -0.1) is 11.3 Å². The van der Waals surface area contributed by atoms with Gasteiger partial charge in [0.15, 0.2) is 0 Å². The van der Waals surface area contributed by atoms with Crippen molar-refractivity contribution in [1.82, 2.24) is 5.32 Å². The molecule has 16 heavy (non-hydrogen) atoms. The smallest absolute Gasteiger partial charge is 0.407 e. The number of amides is 1. The van der Waals surface area contributed by atoms with Crippen LogP contribution in [0.1, 0.15) is 17.8 Å². The molecule has 1 N–H and O–H groups in total. The molecule has 0 saturated carbocycles. The van der Waals surface area contributed by atoms with Crippen molar-refractivity contribution in [3.05, 3.63) is 17.0 Å². The van der Waals surface area contributed by atoms with E-state index < -0.39 is 15.1 Å². The van der Waals surface area contributed by atoms with E-state index in [0.29, 0.717) is 4.88 Å². The van der Waals surface area contributed by atoms with Crippen LogP contribution in [0.4, 0.5) is 4.79 Å². The largest absolute Gasteiger partial charge is 0.453 e. The van der Waals surface area contributed by atoms with Crippen molar-refractivity contribution < 1.29 is 17.9 Å². The maximum absolute atomic E-state index is 11.0. The zero-order chi connectivity index (χ0) is 12.3. The summed E-state index contributed by atoms with van der Waals surface area (Å²) in [5.41, 5.74) is 0. The Hall–Kier alpha value is -0.790. The number of carbonyl (C=O) groups excluding carboxylic acids is 1. The van der Waals surface area contributed by atoms with Crippen molar-refractivity contribution in [2.45, 2.75) is 17.2 Å². The first-order valence-electron chi connectivity index (χ1n) is 4.23. The fourth-order valence-electron chi connectivity index (χ4n) is 1.00. The fraction of sp³-hybridized carbons (Fsp3) is 0.375. The van der Waals surface area contributed by atoms with E-state index in [1.807, 2.05) is 0 Å². The first kappa shape index (κ1) is 13.3. The number of rotatable bonds is 3. The van der Waals surface area contributed by atoms with Crippen LogP contribution in [0.2, 0.25) is 0 Å². The molecule has 1 amide bonds. The van der Waals surface area contributed by atoms with Gasteiger partial charge in [0.05, 0.1) is 13.2 Å². The summed E-state index contributed by atoms with van der Waals surface area (Å²) in [7, 11) is 2.73. The topological polar surface area (TPSA) is 72.5 Å². The molecule has 8 heteroatoms. The van der Waals surface area contributed by atoms with Crippen LogP contribution in [-0.4, -0.2) is 21.6 Å². The molecule has 0 bridgehead atoms. The minimum absolute atomic E-state index is 0.0580. The number of hydrogen-bond acceptors (Lipinski definition) is 5. The minimum atomic E-state index is -3.70. The number of ether oxygens (including phenoxy) is 1. The average molecular weight is 284 g/mol. The molecule has 1 rings (SSSR count). The Morgan fingerprint density at radius 1 is 1.56 bits per heavy atom. The standard InChI is InChI=1S/C8H10ClNO4S2/c1-5(10-8(11)14-2)6-3-4-7(15-6)16(9,12)13/h3-5H,1-2H3,(H,10,11). The van der Waals surface area contributed by atoms with Crippen LogP contribution < -0.4 is 5.32 Å². The Bertz CT molecular complexity index is 482. The predicted molar refractivity (Wildman–Crippen MR) is 61.3 cm³/mol. The van der Waals surface area contributed by atoms with E-state index in [1.165, 1.54) is 13.2 Å². The van der Waals surface area contributed by atoms with E-state index in [1.54, 1.807) is 13.0 Å². The second-order valence-electron chi connectivity index (χ2n) is 2.95. The van der Waals surface area contributed by atoms with Gasteiger partial charge in [-0.2, -0.15) is 0 Å². The molecule has 0 aliphatic carbocycles. The van der Waals surface area contributed by atoms with Crippen LogP contribution in [0.25, 0.3) is 0 Å². The van der Waals surface area contributed by atoms with Crippen LogP contribution in [0, 0.1) is 0 Å². The van der Waals surface area contributed by atoms with Crippen molar-refractivity contribution in [2.24, 2.45) is 0 Å². The molecule has 0 aromatic carbocycles. The highest BCUT2D eigenvalue weighted by Crippen LogP contribution is 2.28. The molecule has 1 aromatic rings. The second-order valence-corrected chi connectivity index (χ2v) is 6.86. The van der Waals surface area contributed by atoms with Crippen molar-refractivity contribution in [2.75, 3.05) is 7.11 Å². The number of nitrogens with one attached hydrogen (secondary N) is 1. The summed E-state index contributed by atoms with van der Waals surface area (Å²) in [5.74, 6) is 0. The van der Waals surface area contributed by atoms with Crippen molar-refractivity contribution >= 4 is 37.2 Å². The summed E-state index contributed by atoms with van der Waals surface area (Å²) in [6, 6.07) is 2.67. The summed E-state index contributed by atoms with van der Waals surface area (Å²) in [6.45, 7) is 1.72. The molecule has 1 heterocycles. The zero-order valence-corrected chi connectivity index (χ0v) is 10.9. The molecular weight excluding hydrogens is 274 g/mol. The van der Waals surface area contributed by atoms with Gasteiger partial charge in [0, 0.05) is 15.6 Å². The molecule has 1 aromatic heterocycles. The number of hydrogen-bond donors (Lipinski definition) is 1. The van der Waals surface area contributed by atoms with Gasteiger partial charge in [0.25, 0.3) is 9.05 Å². The van der Waals surface area contributed by atoms with Crippen molar-refractivity contribution in [1.29, 1.82) is 0 Å². The highest BCUT2D eigenvalue weighted by Gasteiger charge is 2.17. The Kier molecular flexibility index (Phi) is 4.17. The van der Waals surface area contributed by atoms with E-state index in [0.717, 1.165) is 11.3 Å². The molecule has 0 fully saturated rings. The molecule has 0 spiro atoms. The zero-order valence-electron chi connectivity index (χ0n) is 8.56. The molecule has 0 radical (unpaired) electrons. The molecule has 1 unspecified atom stereocenters. The van der Waals surface area contributed by atoms with Crippen LogP contribution in [0.3, 0.4) is 0 Å². The molecule has 90 valence electrons. The number of methoxy groups -OCH3 is 1. The van der Waals surface area contributed by atoms with Gasteiger partial charge in [0.1, 0.15) is 4.21 Å². The SMILES string of the molecule is COC(=O)NC(C)c1ccc(S(=O)(=O)Cl)s1. The lowest BCUT2D eigenvalue weighted by molar-refractivity contribution is 0.167. The molecule has 5 nitrogen and oxygen atoms in total. The normalized spacial score (nSPS) is 13.2. The molecule has 0 aliphatic heterocycles. The van der Waals surface area contributed by atoms with E-state index in [9.17, 15) is 13.2 Å². The Balaban J connectivity index is 2.82. The molecular formula is C8H10ClNO4S2. The monoisotopic (exact) mass is 283 g/mol. The Labute approximate surface area is 102 Å². The third-order valence-corrected chi connectivity index (χ3v) is 5.15. The maximum atomic E-state index is 11.0. The first-order valence-corrected chi connectivity index (χ1v) is 7.36. The highest BCUT2D eigenvalue weighted by atomic mass is 35.7. The van der Waals surface area contributed by atoms with Crippen LogP contribution in [0.5, 0.6) is 0 Å². The second kappa shape index (κ2) is 5.03. The summed E-state index contributed by atoms with van der Waals surface area (Å²) in [6.07, 6.45) is -0.573. The number of alkyl carbamates (subject to hydrolysis) is 1. The number of carbonyl (C=O) groups is 1. The highest BCUT2D eigenvalue weighted by molar-refractivity contribution is 8.15. The summed E-state index contributed by atoms with van der Waals surface area (Å²) in [5, 5.41) is 2.52. The number of thiophene rings is 1. The average Bonchev–Trinajstić information content (AvgIpc) is 2.65. The summed E-state index contributed by atoms with van der Waals surface area (Å²) >= 11 is 1.01. The van der Waals surface area contributed by atoms with Gasteiger partial charge in [-0.25, -0.2) is 13.2 Å². The summed E-state index contributed by atoms with van der Waals surface area (Å²) in [4.78, 5) is 11.6. The Morgan fingerprint density at radius 3 is 2.62 bits per heavy atom. The predicted octanol–water partition coefficient (Wildman–Crippen LogP) is 2.09. The van der Waals surface area contributed by atoms with Crippen LogP contribution >= 0.6 is 22.0 Å². The lowest BCUT2D eigenvalue weighted by atomic mass is 10.3. The fourth-order valence-corrected chi connectivity index (χ4v) is 3.10. The van der Waals surface area contributed by atoms with E-state index >= 15 is 0 Å². The third-order valence-electron chi connectivity index (χ3n) is 1.79. The lowest BCUT2D eigenvalue weighted by Crippen LogP contribution is -2.25. The van der Waals surface area contributed by atoms with E-state index in [-0.39, 0.29) is 10.3 Å². The van der Waals surface area contributed by atoms with E-state index in [2.05, 4.69) is 10.1 Å². The maximum Gasteiger partial charge on any atom is 0.407 e. The van der Waals surface area contributed by atoms with Gasteiger partial charge in [0.2, 0.25) is 0 Å². The molecule has 1 atom stereocenters.